The quantitative estimate of drug-likeness (QED) is 0.343. The molecule has 0 aliphatic heterocycles. The maximum atomic E-state index is 12.5. The summed E-state index contributed by atoms with van der Waals surface area (Å²) in [5.41, 5.74) is 3.28. The molecule has 7 nitrogen and oxygen atoms in total. The van der Waals surface area contributed by atoms with E-state index in [1.165, 1.54) is 36.6 Å². The summed E-state index contributed by atoms with van der Waals surface area (Å²) in [6, 6.07) is 11.6. The topological polar surface area (TPSA) is 81.9 Å². The summed E-state index contributed by atoms with van der Waals surface area (Å²) in [6.07, 6.45) is 11.6. The molecular formula is C25H29N5O2S. The number of aromatic nitrogens is 4. The Hall–Kier alpha value is -3.13. The SMILES string of the molecule is CCOc1ccc(-n2c(SCC(=O)NCCC3=CCCCC3)nnc2-c2ccncc2)cc1. The number of nitrogens with zero attached hydrogens (tertiary/aromatic N) is 4. The van der Waals surface area contributed by atoms with Crippen molar-refractivity contribution in [2.75, 3.05) is 18.9 Å². The Kier molecular flexibility index (Phi) is 8.14. The van der Waals surface area contributed by atoms with Crippen LogP contribution in [0, 0.1) is 0 Å². The fraction of sp³-hybridized carbons (Fsp3) is 0.360. The van der Waals surface area contributed by atoms with Crippen molar-refractivity contribution in [1.29, 1.82) is 0 Å². The third-order valence-corrected chi connectivity index (χ3v) is 6.39. The Bertz CT molecular complexity index is 1080. The lowest BCUT2D eigenvalue weighted by Crippen LogP contribution is -2.26. The van der Waals surface area contributed by atoms with Crippen molar-refractivity contribution in [1.82, 2.24) is 25.1 Å². The highest BCUT2D eigenvalue weighted by molar-refractivity contribution is 7.99. The zero-order valence-corrected chi connectivity index (χ0v) is 19.7. The number of carbonyl (C=O) groups is 1. The molecule has 2 aromatic heterocycles. The van der Waals surface area contributed by atoms with E-state index in [4.69, 9.17) is 4.74 Å². The molecule has 0 saturated carbocycles. The molecule has 2 heterocycles. The first kappa shape index (κ1) is 23.0. The Labute approximate surface area is 198 Å². The lowest BCUT2D eigenvalue weighted by molar-refractivity contribution is -0.118. The van der Waals surface area contributed by atoms with Gasteiger partial charge in [0.1, 0.15) is 5.75 Å². The van der Waals surface area contributed by atoms with E-state index in [0.717, 1.165) is 29.8 Å². The van der Waals surface area contributed by atoms with Gasteiger partial charge in [-0.15, -0.1) is 10.2 Å². The fourth-order valence-corrected chi connectivity index (χ4v) is 4.60. The van der Waals surface area contributed by atoms with Crippen LogP contribution in [-0.2, 0) is 4.79 Å². The first-order chi connectivity index (χ1) is 16.2. The van der Waals surface area contributed by atoms with Crippen LogP contribution >= 0.6 is 11.8 Å². The van der Waals surface area contributed by atoms with E-state index in [-0.39, 0.29) is 11.7 Å². The highest BCUT2D eigenvalue weighted by Crippen LogP contribution is 2.28. The molecule has 3 aromatic rings. The van der Waals surface area contributed by atoms with Crippen molar-refractivity contribution in [3.8, 4) is 22.8 Å². The molecule has 0 saturated heterocycles. The second-order valence-electron chi connectivity index (χ2n) is 7.80. The summed E-state index contributed by atoms with van der Waals surface area (Å²) in [5, 5.41) is 12.5. The summed E-state index contributed by atoms with van der Waals surface area (Å²) in [5.74, 6) is 1.79. The fourth-order valence-electron chi connectivity index (χ4n) is 3.82. The molecular weight excluding hydrogens is 434 g/mol. The maximum Gasteiger partial charge on any atom is 0.230 e. The Morgan fingerprint density at radius 1 is 1.12 bits per heavy atom. The largest absolute Gasteiger partial charge is 0.494 e. The van der Waals surface area contributed by atoms with Gasteiger partial charge in [0.25, 0.3) is 0 Å². The molecule has 0 spiro atoms. The average Bonchev–Trinajstić information content (AvgIpc) is 3.29. The van der Waals surface area contributed by atoms with Crippen LogP contribution in [0.1, 0.15) is 39.0 Å². The van der Waals surface area contributed by atoms with Crippen LogP contribution in [-0.4, -0.2) is 44.6 Å². The third kappa shape index (κ3) is 6.22. The first-order valence-electron chi connectivity index (χ1n) is 11.4. The highest BCUT2D eigenvalue weighted by Gasteiger charge is 2.17. The number of amides is 1. The lowest BCUT2D eigenvalue weighted by Gasteiger charge is -2.13. The van der Waals surface area contributed by atoms with Crippen LogP contribution in [0.2, 0.25) is 0 Å². The van der Waals surface area contributed by atoms with Gasteiger partial charge < -0.3 is 10.1 Å². The standard InChI is InChI=1S/C25H29N5O2S/c1-2-32-22-10-8-21(9-11-22)30-24(20-13-15-26-16-14-20)28-29-25(30)33-18-23(31)27-17-12-19-6-4-3-5-7-19/h6,8-11,13-16H,2-5,7,12,17-18H2,1H3,(H,27,31). The number of benzene rings is 1. The Balaban J connectivity index is 1.46. The van der Waals surface area contributed by atoms with Crippen molar-refractivity contribution in [3.05, 3.63) is 60.4 Å². The van der Waals surface area contributed by atoms with Crippen molar-refractivity contribution in [2.45, 2.75) is 44.2 Å². The molecule has 1 aliphatic rings. The predicted molar refractivity (Wildman–Crippen MR) is 131 cm³/mol. The number of ether oxygens (including phenoxy) is 1. The molecule has 0 radical (unpaired) electrons. The molecule has 0 atom stereocenters. The molecule has 33 heavy (non-hydrogen) atoms. The van der Waals surface area contributed by atoms with Gasteiger partial charge in [0, 0.05) is 30.2 Å². The molecule has 0 unspecified atom stereocenters. The molecule has 1 N–H and O–H groups in total. The van der Waals surface area contributed by atoms with Gasteiger partial charge in [-0.3, -0.25) is 14.3 Å². The van der Waals surface area contributed by atoms with E-state index in [1.54, 1.807) is 12.4 Å². The lowest BCUT2D eigenvalue weighted by atomic mass is 9.97. The van der Waals surface area contributed by atoms with Crippen LogP contribution in [0.4, 0.5) is 0 Å². The third-order valence-electron chi connectivity index (χ3n) is 5.46. The van der Waals surface area contributed by atoms with E-state index < -0.39 is 0 Å². The second kappa shape index (κ2) is 11.7. The summed E-state index contributed by atoms with van der Waals surface area (Å²) >= 11 is 1.38. The number of pyridine rings is 1. The van der Waals surface area contributed by atoms with Crippen molar-refractivity contribution in [2.24, 2.45) is 0 Å². The van der Waals surface area contributed by atoms with E-state index in [0.29, 0.717) is 24.1 Å². The minimum absolute atomic E-state index is 0.00288. The summed E-state index contributed by atoms with van der Waals surface area (Å²) in [6.45, 7) is 3.25. The number of nitrogens with one attached hydrogen (secondary N) is 1. The van der Waals surface area contributed by atoms with Crippen molar-refractivity contribution in [3.63, 3.8) is 0 Å². The zero-order valence-electron chi connectivity index (χ0n) is 18.9. The number of carbonyl (C=O) groups excluding carboxylic acids is 1. The molecule has 8 heteroatoms. The first-order valence-corrected chi connectivity index (χ1v) is 12.4. The van der Waals surface area contributed by atoms with Crippen LogP contribution in [0.3, 0.4) is 0 Å². The number of hydrogen-bond acceptors (Lipinski definition) is 6. The van der Waals surface area contributed by atoms with Gasteiger partial charge in [0.15, 0.2) is 11.0 Å². The van der Waals surface area contributed by atoms with Gasteiger partial charge in [-0.1, -0.05) is 23.4 Å². The number of thioether (sulfide) groups is 1. The summed E-state index contributed by atoms with van der Waals surface area (Å²) < 4.78 is 7.54. The molecule has 1 amide bonds. The number of allylic oxidation sites excluding steroid dienone is 1. The van der Waals surface area contributed by atoms with Gasteiger partial charge >= 0.3 is 0 Å². The average molecular weight is 464 g/mol. The number of hydrogen-bond donors (Lipinski definition) is 1. The molecule has 4 rings (SSSR count). The molecule has 0 fully saturated rings. The van der Waals surface area contributed by atoms with Crippen molar-refractivity contribution >= 4 is 17.7 Å². The van der Waals surface area contributed by atoms with Gasteiger partial charge in [-0.25, -0.2) is 0 Å². The molecule has 172 valence electrons. The minimum atomic E-state index is 0.00288. The molecule has 1 aliphatic carbocycles. The van der Waals surface area contributed by atoms with Crippen LogP contribution in [0.25, 0.3) is 17.1 Å². The second-order valence-corrected chi connectivity index (χ2v) is 8.74. The number of rotatable bonds is 10. The monoisotopic (exact) mass is 463 g/mol. The van der Waals surface area contributed by atoms with Crippen LogP contribution in [0.5, 0.6) is 5.75 Å². The van der Waals surface area contributed by atoms with Gasteiger partial charge in [-0.05, 0) is 75.4 Å². The van der Waals surface area contributed by atoms with Gasteiger partial charge in [-0.2, -0.15) is 0 Å². The highest BCUT2D eigenvalue weighted by atomic mass is 32.2. The maximum absolute atomic E-state index is 12.5. The Morgan fingerprint density at radius 3 is 2.67 bits per heavy atom. The summed E-state index contributed by atoms with van der Waals surface area (Å²) in [7, 11) is 0. The van der Waals surface area contributed by atoms with E-state index in [1.807, 2.05) is 47.9 Å². The van der Waals surface area contributed by atoms with Gasteiger partial charge in [0.05, 0.1) is 12.4 Å². The van der Waals surface area contributed by atoms with E-state index in [2.05, 4.69) is 26.6 Å². The Morgan fingerprint density at radius 2 is 1.94 bits per heavy atom. The van der Waals surface area contributed by atoms with Crippen molar-refractivity contribution < 1.29 is 9.53 Å². The van der Waals surface area contributed by atoms with E-state index >= 15 is 0 Å². The smallest absolute Gasteiger partial charge is 0.230 e. The summed E-state index contributed by atoms with van der Waals surface area (Å²) in [4.78, 5) is 16.6. The van der Waals surface area contributed by atoms with Crippen LogP contribution in [0.15, 0.2) is 65.6 Å². The molecule has 1 aromatic carbocycles. The predicted octanol–water partition coefficient (Wildman–Crippen LogP) is 4.83. The van der Waals surface area contributed by atoms with Crippen LogP contribution < -0.4 is 10.1 Å². The van der Waals surface area contributed by atoms with Gasteiger partial charge in [0.2, 0.25) is 5.91 Å². The zero-order chi connectivity index (χ0) is 22.9. The van der Waals surface area contributed by atoms with E-state index in [9.17, 15) is 4.79 Å². The molecule has 0 bridgehead atoms. The normalized spacial score (nSPS) is 13.4. The minimum Gasteiger partial charge on any atom is -0.494 e.